The van der Waals surface area contributed by atoms with Crippen LogP contribution < -0.4 is 10.6 Å². The minimum atomic E-state index is -4.40. The molecule has 0 saturated heterocycles. The maximum absolute atomic E-state index is 12.2. The smallest absolute Gasteiger partial charge is 0.342 e. The van der Waals surface area contributed by atoms with E-state index in [1.54, 1.807) is 5.32 Å². The summed E-state index contributed by atoms with van der Waals surface area (Å²) in [6, 6.07) is 17.3. The van der Waals surface area contributed by atoms with E-state index < -0.39 is 18.6 Å². The van der Waals surface area contributed by atoms with Gasteiger partial charge in [-0.05, 0) is 6.92 Å². The van der Waals surface area contributed by atoms with E-state index in [9.17, 15) is 18.0 Å². The van der Waals surface area contributed by atoms with Gasteiger partial charge < -0.3 is 10.6 Å². The largest absolute Gasteiger partial charge is 0.405 e. The predicted molar refractivity (Wildman–Crippen MR) is 85.3 cm³/mol. The summed E-state index contributed by atoms with van der Waals surface area (Å²) >= 11 is 0. The van der Waals surface area contributed by atoms with E-state index in [-0.39, 0.29) is 12.6 Å². The van der Waals surface area contributed by atoms with Crippen LogP contribution in [0.1, 0.15) is 22.7 Å². The number of carbonyl (C=O) groups excluding carboxylic acids is 1. The number of carbonyl (C=O) groups is 1. The van der Waals surface area contributed by atoms with Crippen LogP contribution >= 0.6 is 0 Å². The second-order valence-electron chi connectivity index (χ2n) is 5.63. The number of hydrogen-bond donors (Lipinski definition) is 2. The van der Waals surface area contributed by atoms with Crippen molar-refractivity contribution >= 4 is 5.91 Å². The standard InChI is InChI=1S/C18H19F3N2O/c1-13-7-9-15(10-8-13)17(14-5-3-2-4-6-14)22-11-16(24)23-12-18(19,20)21/h2-10,17,22H,11-12H2,1H3,(H,23,24)/p+1/t17-/m0/s1. The molecular weight excluding hydrogens is 317 g/mol. The summed E-state index contributed by atoms with van der Waals surface area (Å²) in [7, 11) is 0. The van der Waals surface area contributed by atoms with Gasteiger partial charge >= 0.3 is 6.18 Å². The minimum Gasteiger partial charge on any atom is -0.342 e. The summed E-state index contributed by atoms with van der Waals surface area (Å²) in [5.74, 6) is -0.639. The number of aryl methyl sites for hydroxylation is 1. The van der Waals surface area contributed by atoms with Gasteiger partial charge in [-0.25, -0.2) is 0 Å². The van der Waals surface area contributed by atoms with E-state index in [1.165, 1.54) is 0 Å². The average molecular weight is 337 g/mol. The summed E-state index contributed by atoms with van der Waals surface area (Å²) in [4.78, 5) is 11.7. The molecule has 3 nitrogen and oxygen atoms in total. The zero-order valence-corrected chi connectivity index (χ0v) is 13.3. The maximum atomic E-state index is 12.2. The Morgan fingerprint density at radius 3 is 2.21 bits per heavy atom. The second kappa shape index (κ2) is 7.97. The Kier molecular flexibility index (Phi) is 5.98. The zero-order chi connectivity index (χ0) is 17.6. The molecule has 0 aliphatic rings. The molecule has 0 heterocycles. The molecule has 1 atom stereocenters. The molecule has 6 heteroatoms. The number of hydrogen-bond acceptors (Lipinski definition) is 1. The lowest BCUT2D eigenvalue weighted by Gasteiger charge is -2.17. The summed E-state index contributed by atoms with van der Waals surface area (Å²) < 4.78 is 36.5. The normalized spacial score (nSPS) is 12.7. The quantitative estimate of drug-likeness (QED) is 0.835. The van der Waals surface area contributed by atoms with Crippen LogP contribution in [0.4, 0.5) is 13.2 Å². The Hall–Kier alpha value is -2.34. The van der Waals surface area contributed by atoms with Gasteiger partial charge in [0.1, 0.15) is 12.6 Å². The highest BCUT2D eigenvalue weighted by Crippen LogP contribution is 2.18. The van der Waals surface area contributed by atoms with E-state index >= 15 is 0 Å². The highest BCUT2D eigenvalue weighted by Gasteiger charge is 2.28. The number of benzene rings is 2. The van der Waals surface area contributed by atoms with Gasteiger partial charge in [-0.3, -0.25) is 4.79 Å². The zero-order valence-electron chi connectivity index (χ0n) is 13.3. The van der Waals surface area contributed by atoms with E-state index in [2.05, 4.69) is 0 Å². The molecule has 0 saturated carbocycles. The fraction of sp³-hybridized carbons (Fsp3) is 0.278. The Morgan fingerprint density at radius 1 is 1.04 bits per heavy atom. The Balaban J connectivity index is 2.07. The van der Waals surface area contributed by atoms with Crippen molar-refractivity contribution in [2.45, 2.75) is 19.1 Å². The Morgan fingerprint density at radius 2 is 1.62 bits per heavy atom. The molecule has 0 unspecified atom stereocenters. The molecule has 0 fully saturated rings. The second-order valence-corrected chi connectivity index (χ2v) is 5.63. The first kappa shape index (κ1) is 18.0. The lowest BCUT2D eigenvalue weighted by atomic mass is 9.98. The van der Waals surface area contributed by atoms with Crippen LogP contribution in [0.3, 0.4) is 0 Å². The van der Waals surface area contributed by atoms with Crippen molar-refractivity contribution in [2.24, 2.45) is 0 Å². The van der Waals surface area contributed by atoms with Gasteiger partial charge in [0.2, 0.25) is 0 Å². The first-order chi connectivity index (χ1) is 11.3. The molecule has 24 heavy (non-hydrogen) atoms. The molecule has 0 aliphatic carbocycles. The molecule has 128 valence electrons. The van der Waals surface area contributed by atoms with Crippen molar-refractivity contribution < 1.29 is 23.3 Å². The van der Waals surface area contributed by atoms with Crippen LogP contribution in [0.15, 0.2) is 54.6 Å². The van der Waals surface area contributed by atoms with Gasteiger partial charge in [-0.1, -0.05) is 60.2 Å². The number of alkyl halides is 3. The van der Waals surface area contributed by atoms with Crippen LogP contribution in [0.2, 0.25) is 0 Å². The van der Waals surface area contributed by atoms with Crippen LogP contribution in [0, 0.1) is 6.92 Å². The van der Waals surface area contributed by atoms with Gasteiger partial charge in [-0.2, -0.15) is 13.2 Å². The van der Waals surface area contributed by atoms with E-state index in [0.29, 0.717) is 0 Å². The van der Waals surface area contributed by atoms with E-state index in [1.807, 2.05) is 66.8 Å². The third-order valence-electron chi connectivity index (χ3n) is 3.62. The Bertz CT molecular complexity index is 654. The van der Waals surface area contributed by atoms with Crippen molar-refractivity contribution in [3.8, 4) is 0 Å². The molecule has 2 aromatic carbocycles. The molecule has 0 aromatic heterocycles. The highest BCUT2D eigenvalue weighted by molar-refractivity contribution is 5.76. The summed E-state index contributed by atoms with van der Waals surface area (Å²) in [5.41, 5.74) is 3.11. The SMILES string of the molecule is Cc1ccc([C@@H]([NH2+]CC(=O)NCC(F)(F)F)c2ccccc2)cc1. The molecule has 3 N–H and O–H groups in total. The van der Waals surface area contributed by atoms with Crippen molar-refractivity contribution in [1.29, 1.82) is 0 Å². The Labute approximate surface area is 138 Å². The summed E-state index contributed by atoms with van der Waals surface area (Å²) in [6.07, 6.45) is -4.40. The predicted octanol–water partition coefficient (Wildman–Crippen LogP) is 2.33. The molecule has 1 amide bonds. The fourth-order valence-electron chi connectivity index (χ4n) is 2.39. The van der Waals surface area contributed by atoms with Crippen LogP contribution in [-0.4, -0.2) is 25.2 Å². The molecular formula is C18H20F3N2O+. The van der Waals surface area contributed by atoms with Crippen LogP contribution in [0.5, 0.6) is 0 Å². The van der Waals surface area contributed by atoms with Gasteiger partial charge in [-0.15, -0.1) is 0 Å². The molecule has 0 bridgehead atoms. The number of rotatable bonds is 6. The number of nitrogens with one attached hydrogen (secondary N) is 1. The molecule has 2 aromatic rings. The average Bonchev–Trinajstić information content (AvgIpc) is 2.55. The highest BCUT2D eigenvalue weighted by atomic mass is 19.4. The summed E-state index contributed by atoms with van der Waals surface area (Å²) in [6.45, 7) is 0.597. The number of quaternary nitrogens is 1. The van der Waals surface area contributed by atoms with Crippen LogP contribution in [0.25, 0.3) is 0 Å². The van der Waals surface area contributed by atoms with Gasteiger partial charge in [0.15, 0.2) is 6.54 Å². The van der Waals surface area contributed by atoms with Crippen molar-refractivity contribution in [3.05, 3.63) is 71.3 Å². The number of halogens is 3. The van der Waals surface area contributed by atoms with Gasteiger partial charge in [0, 0.05) is 11.1 Å². The molecule has 0 radical (unpaired) electrons. The summed E-state index contributed by atoms with van der Waals surface area (Å²) in [5, 5.41) is 3.64. The monoisotopic (exact) mass is 337 g/mol. The third-order valence-corrected chi connectivity index (χ3v) is 3.62. The fourth-order valence-corrected chi connectivity index (χ4v) is 2.39. The number of nitrogens with two attached hydrogens (primary N) is 1. The number of amides is 1. The van der Waals surface area contributed by atoms with E-state index in [0.717, 1.165) is 16.7 Å². The van der Waals surface area contributed by atoms with Crippen LogP contribution in [-0.2, 0) is 4.79 Å². The van der Waals surface area contributed by atoms with Gasteiger partial charge in [0.05, 0.1) is 0 Å². The minimum absolute atomic E-state index is 0.0798. The van der Waals surface area contributed by atoms with Crippen molar-refractivity contribution in [3.63, 3.8) is 0 Å². The van der Waals surface area contributed by atoms with Crippen molar-refractivity contribution in [1.82, 2.24) is 5.32 Å². The van der Waals surface area contributed by atoms with Crippen molar-refractivity contribution in [2.75, 3.05) is 13.1 Å². The molecule has 2 rings (SSSR count). The van der Waals surface area contributed by atoms with E-state index in [4.69, 9.17) is 0 Å². The first-order valence-electron chi connectivity index (χ1n) is 7.63. The lowest BCUT2D eigenvalue weighted by Crippen LogP contribution is -2.87. The third kappa shape index (κ3) is 5.70. The molecule has 0 spiro atoms. The van der Waals surface area contributed by atoms with Gasteiger partial charge in [0.25, 0.3) is 5.91 Å². The topological polar surface area (TPSA) is 45.7 Å². The molecule has 0 aliphatic heterocycles. The maximum Gasteiger partial charge on any atom is 0.405 e. The lowest BCUT2D eigenvalue weighted by molar-refractivity contribution is -0.676. The first-order valence-corrected chi connectivity index (χ1v) is 7.63.